The molecule has 0 aliphatic heterocycles. The van der Waals surface area contributed by atoms with Crippen LogP contribution in [0.3, 0.4) is 0 Å². The molecule has 0 saturated carbocycles. The summed E-state index contributed by atoms with van der Waals surface area (Å²) in [5.41, 5.74) is 9.76. The van der Waals surface area contributed by atoms with Gasteiger partial charge in [0.2, 0.25) is 0 Å². The van der Waals surface area contributed by atoms with Crippen molar-refractivity contribution in [3.8, 4) is 11.1 Å². The average molecular weight is 259 g/mol. The first-order valence-electron chi connectivity index (χ1n) is 6.31. The highest BCUT2D eigenvalue weighted by Gasteiger charge is 2.05. The van der Waals surface area contributed by atoms with Crippen LogP contribution in [0.1, 0.15) is 11.1 Å². The van der Waals surface area contributed by atoms with Gasteiger partial charge in [-0.15, -0.1) is 0 Å². The summed E-state index contributed by atoms with van der Waals surface area (Å²) >= 11 is 0. The number of hydrogen-bond donors (Lipinski definition) is 1. The molecule has 3 heteroatoms. The lowest BCUT2D eigenvalue weighted by Gasteiger charge is -2.09. The normalized spacial score (nSPS) is 10.7. The van der Waals surface area contributed by atoms with Gasteiger partial charge in [0.25, 0.3) is 0 Å². The van der Waals surface area contributed by atoms with Crippen LogP contribution < -0.4 is 5.73 Å². The van der Waals surface area contributed by atoms with Crippen molar-refractivity contribution in [2.75, 3.05) is 13.7 Å². The maximum atomic E-state index is 13.2. The van der Waals surface area contributed by atoms with Crippen LogP contribution in [0.2, 0.25) is 0 Å². The van der Waals surface area contributed by atoms with Crippen molar-refractivity contribution in [1.29, 1.82) is 0 Å². The van der Waals surface area contributed by atoms with E-state index in [1.54, 1.807) is 13.2 Å². The van der Waals surface area contributed by atoms with E-state index in [1.807, 2.05) is 12.1 Å². The summed E-state index contributed by atoms with van der Waals surface area (Å²) in [6.07, 6.45) is 0.893. The molecule has 0 fully saturated rings. The molecule has 0 aliphatic rings. The summed E-state index contributed by atoms with van der Waals surface area (Å²) in [7, 11) is 1.69. The summed E-state index contributed by atoms with van der Waals surface area (Å²) in [5.74, 6) is -0.249. The molecule has 2 N–H and O–H groups in total. The molecule has 0 amide bonds. The highest BCUT2D eigenvalue weighted by Crippen LogP contribution is 2.24. The van der Waals surface area contributed by atoms with Gasteiger partial charge in [-0.05, 0) is 40.8 Å². The van der Waals surface area contributed by atoms with Crippen molar-refractivity contribution in [1.82, 2.24) is 0 Å². The molecule has 0 aromatic heterocycles. The fourth-order valence-electron chi connectivity index (χ4n) is 2.08. The Kier molecular flexibility index (Phi) is 4.66. The molecule has 0 atom stereocenters. The molecule has 0 unspecified atom stereocenters. The van der Waals surface area contributed by atoms with Crippen LogP contribution >= 0.6 is 0 Å². The van der Waals surface area contributed by atoms with E-state index >= 15 is 0 Å². The van der Waals surface area contributed by atoms with Crippen LogP contribution in [0, 0.1) is 5.82 Å². The lowest BCUT2D eigenvalue weighted by atomic mass is 9.98. The fraction of sp³-hybridized carbons (Fsp3) is 0.250. The predicted octanol–water partition coefficient (Wildman–Crippen LogP) is 3.14. The molecule has 100 valence electrons. The number of hydrogen-bond acceptors (Lipinski definition) is 2. The monoisotopic (exact) mass is 259 g/mol. The second-order valence-electron chi connectivity index (χ2n) is 4.45. The molecule has 0 radical (unpaired) electrons. The van der Waals surface area contributed by atoms with E-state index in [-0.39, 0.29) is 5.82 Å². The van der Waals surface area contributed by atoms with E-state index in [0.717, 1.165) is 23.1 Å². The van der Waals surface area contributed by atoms with Gasteiger partial charge in [0.15, 0.2) is 0 Å². The van der Waals surface area contributed by atoms with Crippen molar-refractivity contribution >= 4 is 0 Å². The molecule has 0 saturated heterocycles. The van der Waals surface area contributed by atoms with Crippen LogP contribution in [0.5, 0.6) is 0 Å². The fourth-order valence-corrected chi connectivity index (χ4v) is 2.08. The first-order valence-corrected chi connectivity index (χ1v) is 6.31. The van der Waals surface area contributed by atoms with Crippen molar-refractivity contribution < 1.29 is 9.13 Å². The highest BCUT2D eigenvalue weighted by atomic mass is 19.1. The molecule has 0 aliphatic carbocycles. The topological polar surface area (TPSA) is 35.2 Å². The summed E-state index contributed by atoms with van der Waals surface area (Å²) < 4.78 is 18.2. The second kappa shape index (κ2) is 6.45. The zero-order valence-electron chi connectivity index (χ0n) is 11.0. The Labute approximate surface area is 113 Å². The van der Waals surface area contributed by atoms with Crippen molar-refractivity contribution in [2.45, 2.75) is 13.0 Å². The van der Waals surface area contributed by atoms with Gasteiger partial charge >= 0.3 is 0 Å². The van der Waals surface area contributed by atoms with Crippen molar-refractivity contribution in [2.24, 2.45) is 5.73 Å². The van der Waals surface area contributed by atoms with Crippen LogP contribution in [0.25, 0.3) is 11.1 Å². The zero-order valence-corrected chi connectivity index (χ0v) is 11.0. The highest BCUT2D eigenvalue weighted by molar-refractivity contribution is 5.67. The number of methoxy groups -OCH3 is 1. The molecule has 19 heavy (non-hydrogen) atoms. The number of benzene rings is 2. The third-order valence-corrected chi connectivity index (χ3v) is 3.15. The van der Waals surface area contributed by atoms with Gasteiger partial charge in [-0.25, -0.2) is 4.39 Å². The SMILES string of the molecule is COCCc1ccc(-c2ccc(F)cc2CN)cc1. The Hall–Kier alpha value is -1.71. The second-order valence-corrected chi connectivity index (χ2v) is 4.45. The molecule has 0 heterocycles. The minimum atomic E-state index is -0.249. The van der Waals surface area contributed by atoms with Crippen LogP contribution in [0.15, 0.2) is 42.5 Å². The lowest BCUT2D eigenvalue weighted by molar-refractivity contribution is 0.202. The van der Waals surface area contributed by atoms with Crippen LogP contribution in [0.4, 0.5) is 4.39 Å². The Morgan fingerprint density at radius 2 is 1.84 bits per heavy atom. The maximum absolute atomic E-state index is 13.2. The van der Waals surface area contributed by atoms with Crippen molar-refractivity contribution in [3.63, 3.8) is 0 Å². The molecule has 2 nitrogen and oxygen atoms in total. The molecule has 0 spiro atoms. The Morgan fingerprint density at radius 1 is 1.11 bits per heavy atom. The van der Waals surface area contributed by atoms with Gasteiger partial charge in [-0.2, -0.15) is 0 Å². The standard InChI is InChI=1S/C16H18FNO/c1-19-9-8-12-2-4-13(5-3-12)16-7-6-15(17)10-14(16)11-18/h2-7,10H,8-9,11,18H2,1H3. The molecule has 2 aromatic rings. The summed E-state index contributed by atoms with van der Waals surface area (Å²) in [6.45, 7) is 1.04. The predicted molar refractivity (Wildman–Crippen MR) is 75.3 cm³/mol. The van der Waals surface area contributed by atoms with Gasteiger partial charge < -0.3 is 10.5 Å². The van der Waals surface area contributed by atoms with E-state index in [9.17, 15) is 4.39 Å². The summed E-state index contributed by atoms with van der Waals surface area (Å²) in [4.78, 5) is 0. The zero-order chi connectivity index (χ0) is 13.7. The first-order chi connectivity index (χ1) is 9.24. The van der Waals surface area contributed by atoms with E-state index in [4.69, 9.17) is 10.5 Å². The summed E-state index contributed by atoms with van der Waals surface area (Å²) in [5, 5.41) is 0. The lowest BCUT2D eigenvalue weighted by Crippen LogP contribution is -2.00. The van der Waals surface area contributed by atoms with Crippen LogP contribution in [-0.2, 0) is 17.7 Å². The third-order valence-electron chi connectivity index (χ3n) is 3.15. The van der Waals surface area contributed by atoms with E-state index < -0.39 is 0 Å². The average Bonchev–Trinajstić information content (AvgIpc) is 2.45. The van der Waals surface area contributed by atoms with E-state index in [1.165, 1.54) is 17.7 Å². The van der Waals surface area contributed by atoms with Crippen LogP contribution in [-0.4, -0.2) is 13.7 Å². The van der Waals surface area contributed by atoms with E-state index in [0.29, 0.717) is 13.2 Å². The number of rotatable bonds is 5. The minimum absolute atomic E-state index is 0.249. The third kappa shape index (κ3) is 3.40. The summed E-state index contributed by atoms with van der Waals surface area (Å²) in [6, 6.07) is 13.0. The van der Waals surface area contributed by atoms with Gasteiger partial charge in [0.1, 0.15) is 5.82 Å². The Balaban J connectivity index is 2.26. The molecule has 2 aromatic carbocycles. The number of ether oxygens (including phenoxy) is 1. The van der Waals surface area contributed by atoms with Gasteiger partial charge in [0.05, 0.1) is 6.61 Å². The molecular formula is C16H18FNO. The van der Waals surface area contributed by atoms with Crippen molar-refractivity contribution in [3.05, 3.63) is 59.4 Å². The largest absolute Gasteiger partial charge is 0.384 e. The molecule has 0 bridgehead atoms. The maximum Gasteiger partial charge on any atom is 0.123 e. The quantitative estimate of drug-likeness (QED) is 0.895. The van der Waals surface area contributed by atoms with E-state index in [2.05, 4.69) is 12.1 Å². The van der Waals surface area contributed by atoms with Gasteiger partial charge in [-0.3, -0.25) is 0 Å². The van der Waals surface area contributed by atoms with Gasteiger partial charge in [-0.1, -0.05) is 30.3 Å². The first kappa shape index (κ1) is 13.7. The van der Waals surface area contributed by atoms with Gasteiger partial charge in [0, 0.05) is 13.7 Å². The Morgan fingerprint density at radius 3 is 2.47 bits per heavy atom. The number of halogens is 1. The smallest absolute Gasteiger partial charge is 0.123 e. The molecular weight excluding hydrogens is 241 g/mol. The Bertz CT molecular complexity index is 537. The molecule has 2 rings (SSSR count). The number of nitrogens with two attached hydrogens (primary N) is 1. The minimum Gasteiger partial charge on any atom is -0.384 e.